The molecule has 0 aliphatic carbocycles. The van der Waals surface area contributed by atoms with E-state index in [1.807, 2.05) is 0 Å². The van der Waals surface area contributed by atoms with E-state index >= 15 is 0 Å². The fourth-order valence-corrected chi connectivity index (χ4v) is 2.90. The van der Waals surface area contributed by atoms with Gasteiger partial charge in [0, 0.05) is 30.4 Å². The van der Waals surface area contributed by atoms with Gasteiger partial charge in [0.15, 0.2) is 10.8 Å². The molecule has 3 heterocycles. The molecule has 0 bridgehead atoms. The number of carbonyl (C=O) groups is 1. The van der Waals surface area contributed by atoms with E-state index in [9.17, 15) is 13.2 Å². The molecule has 3 aromatic rings. The van der Waals surface area contributed by atoms with Crippen LogP contribution in [-0.4, -0.2) is 40.2 Å². The summed E-state index contributed by atoms with van der Waals surface area (Å²) in [7, 11) is -3.48. The van der Waals surface area contributed by atoms with Crippen LogP contribution in [0.5, 0.6) is 0 Å². The molecule has 1 amide bonds. The second-order valence-electron chi connectivity index (χ2n) is 5.27. The van der Waals surface area contributed by atoms with Gasteiger partial charge in [-0.3, -0.25) is 14.8 Å². The van der Waals surface area contributed by atoms with Crippen molar-refractivity contribution in [1.82, 2.24) is 19.6 Å². The van der Waals surface area contributed by atoms with Crippen molar-refractivity contribution in [1.29, 1.82) is 0 Å². The Morgan fingerprint density at radius 2 is 2.04 bits per heavy atom. The van der Waals surface area contributed by atoms with Crippen LogP contribution in [0.4, 0.5) is 11.6 Å². The van der Waals surface area contributed by atoms with Crippen molar-refractivity contribution in [2.24, 2.45) is 0 Å². The number of anilines is 2. The van der Waals surface area contributed by atoms with Gasteiger partial charge in [0.05, 0.1) is 11.9 Å². The van der Waals surface area contributed by atoms with Gasteiger partial charge < -0.3 is 0 Å². The van der Waals surface area contributed by atoms with Gasteiger partial charge in [0.2, 0.25) is 21.9 Å². The molecule has 0 atom stereocenters. The van der Waals surface area contributed by atoms with E-state index in [-0.39, 0.29) is 22.7 Å². The molecular weight excluding hydrogens is 368 g/mol. The Hall–Kier alpha value is -2.72. The minimum absolute atomic E-state index is 0.0453. The third-order valence-corrected chi connectivity index (χ3v) is 3.98. The van der Waals surface area contributed by atoms with E-state index in [1.54, 1.807) is 24.4 Å². The van der Waals surface area contributed by atoms with Crippen molar-refractivity contribution in [2.75, 3.05) is 16.3 Å². The van der Waals surface area contributed by atoms with Crippen LogP contribution in [0.25, 0.3) is 16.8 Å². The van der Waals surface area contributed by atoms with Crippen LogP contribution in [0, 0.1) is 0 Å². The van der Waals surface area contributed by atoms with Crippen molar-refractivity contribution in [2.45, 2.75) is 6.92 Å². The molecule has 9 nitrogen and oxygen atoms in total. The molecule has 0 aliphatic rings. The summed E-state index contributed by atoms with van der Waals surface area (Å²) in [6.07, 6.45) is 4.23. The molecule has 2 N–H and O–H groups in total. The third-order valence-electron chi connectivity index (χ3n) is 3.09. The van der Waals surface area contributed by atoms with E-state index in [1.165, 1.54) is 17.6 Å². The molecule has 0 aliphatic heterocycles. The van der Waals surface area contributed by atoms with Crippen molar-refractivity contribution < 1.29 is 13.2 Å². The number of fused-ring (bicyclic) bond motifs is 1. The first kappa shape index (κ1) is 17.1. The monoisotopic (exact) mass is 380 g/mol. The average Bonchev–Trinajstić information content (AvgIpc) is 2.88. The molecule has 0 aromatic carbocycles. The fraction of sp³-hybridized carbons (Fsp3) is 0.143. The molecule has 0 saturated heterocycles. The van der Waals surface area contributed by atoms with Crippen LogP contribution < -0.4 is 10.0 Å². The smallest absolute Gasteiger partial charge is 0.249 e. The van der Waals surface area contributed by atoms with Gasteiger partial charge in [-0.25, -0.2) is 17.9 Å². The Morgan fingerprint density at radius 1 is 1.28 bits per heavy atom. The molecule has 0 fully saturated rings. The number of hydrogen-bond acceptors (Lipinski definition) is 6. The lowest BCUT2D eigenvalue weighted by Gasteiger charge is -2.08. The highest BCUT2D eigenvalue weighted by molar-refractivity contribution is 7.92. The molecule has 3 aromatic heterocycles. The van der Waals surface area contributed by atoms with Crippen molar-refractivity contribution >= 4 is 44.8 Å². The number of amides is 1. The molecular formula is C14H13ClN6O3S. The molecule has 0 saturated carbocycles. The van der Waals surface area contributed by atoms with Crippen LogP contribution in [0.15, 0.2) is 30.6 Å². The molecule has 11 heteroatoms. The van der Waals surface area contributed by atoms with Gasteiger partial charge in [0.1, 0.15) is 0 Å². The Bertz CT molecular complexity index is 1080. The number of nitrogens with one attached hydrogen (secondary N) is 2. The first-order chi connectivity index (χ1) is 11.7. The zero-order chi connectivity index (χ0) is 18.2. The van der Waals surface area contributed by atoms with E-state index in [0.717, 1.165) is 6.26 Å². The number of sulfonamides is 1. The molecule has 130 valence electrons. The lowest BCUT2D eigenvalue weighted by molar-refractivity contribution is -0.114. The second kappa shape index (κ2) is 6.30. The van der Waals surface area contributed by atoms with Crippen molar-refractivity contribution in [3.8, 4) is 11.1 Å². The normalized spacial score (nSPS) is 11.5. The molecule has 25 heavy (non-hydrogen) atoms. The Kier molecular flexibility index (Phi) is 4.31. The van der Waals surface area contributed by atoms with E-state index < -0.39 is 10.0 Å². The maximum atomic E-state index is 11.4. The minimum atomic E-state index is -3.48. The first-order valence-corrected chi connectivity index (χ1v) is 9.26. The topological polar surface area (TPSA) is 118 Å². The maximum absolute atomic E-state index is 11.4. The van der Waals surface area contributed by atoms with Gasteiger partial charge in [-0.2, -0.15) is 4.98 Å². The summed E-state index contributed by atoms with van der Waals surface area (Å²) < 4.78 is 26.6. The summed E-state index contributed by atoms with van der Waals surface area (Å²) in [5.74, 6) is -0.0761. The molecule has 3 rings (SSSR count). The van der Waals surface area contributed by atoms with Crippen LogP contribution in [-0.2, 0) is 14.8 Å². The van der Waals surface area contributed by atoms with E-state index in [0.29, 0.717) is 16.8 Å². The van der Waals surface area contributed by atoms with E-state index in [4.69, 9.17) is 11.6 Å². The predicted octanol–water partition coefficient (Wildman–Crippen LogP) is 1.77. The zero-order valence-corrected chi connectivity index (χ0v) is 14.8. The number of hydrogen-bond donors (Lipinski definition) is 2. The maximum Gasteiger partial charge on any atom is 0.249 e. The van der Waals surface area contributed by atoms with Gasteiger partial charge in [-0.05, 0) is 18.2 Å². The Morgan fingerprint density at radius 3 is 2.72 bits per heavy atom. The quantitative estimate of drug-likeness (QED) is 0.666. The highest BCUT2D eigenvalue weighted by Crippen LogP contribution is 2.27. The van der Waals surface area contributed by atoms with Crippen LogP contribution in [0.2, 0.25) is 5.15 Å². The Balaban J connectivity index is 2.01. The van der Waals surface area contributed by atoms with Crippen molar-refractivity contribution in [3.63, 3.8) is 0 Å². The van der Waals surface area contributed by atoms with E-state index in [2.05, 4.69) is 25.1 Å². The highest BCUT2D eigenvalue weighted by Gasteiger charge is 2.11. The summed E-state index contributed by atoms with van der Waals surface area (Å²) in [6.45, 7) is 1.37. The summed E-state index contributed by atoms with van der Waals surface area (Å²) in [4.78, 5) is 19.2. The molecule has 0 spiro atoms. The standard InChI is InChI=1S/C14H13ClN6O3S/c1-8(22)17-14-18-12-4-3-9(7-21(12)19-14)10-5-11(13(15)16-6-10)20-25(2,23)24/h3-7,20H,1-2H3,(H,17,19,22). The number of carbonyl (C=O) groups excluding carboxylic acids is 1. The van der Waals surface area contributed by atoms with Crippen LogP contribution in [0.3, 0.4) is 0 Å². The minimum Gasteiger partial charge on any atom is -0.293 e. The zero-order valence-electron chi connectivity index (χ0n) is 13.2. The number of aromatic nitrogens is 4. The number of pyridine rings is 2. The summed E-state index contributed by atoms with van der Waals surface area (Å²) in [5.41, 5.74) is 2.07. The van der Waals surface area contributed by atoms with Crippen LogP contribution >= 0.6 is 11.6 Å². The lowest BCUT2D eigenvalue weighted by atomic mass is 10.1. The highest BCUT2D eigenvalue weighted by atomic mass is 35.5. The fourth-order valence-electron chi connectivity index (χ4n) is 2.14. The number of rotatable bonds is 4. The predicted molar refractivity (Wildman–Crippen MR) is 94.0 cm³/mol. The van der Waals surface area contributed by atoms with Gasteiger partial charge in [-0.1, -0.05) is 11.6 Å². The largest absolute Gasteiger partial charge is 0.293 e. The second-order valence-corrected chi connectivity index (χ2v) is 7.38. The van der Waals surface area contributed by atoms with Crippen molar-refractivity contribution in [3.05, 3.63) is 35.7 Å². The molecule has 0 unspecified atom stereocenters. The van der Waals surface area contributed by atoms with Gasteiger partial charge >= 0.3 is 0 Å². The first-order valence-electron chi connectivity index (χ1n) is 6.99. The lowest BCUT2D eigenvalue weighted by Crippen LogP contribution is -2.10. The SMILES string of the molecule is CC(=O)Nc1nc2ccc(-c3cnc(Cl)c(NS(C)(=O)=O)c3)cn2n1. The van der Waals surface area contributed by atoms with Gasteiger partial charge in [0.25, 0.3) is 0 Å². The summed E-state index contributed by atoms with van der Waals surface area (Å²) in [5, 5.41) is 6.71. The Labute approximate surface area is 148 Å². The summed E-state index contributed by atoms with van der Waals surface area (Å²) in [6, 6.07) is 5.06. The summed E-state index contributed by atoms with van der Waals surface area (Å²) >= 11 is 5.93. The van der Waals surface area contributed by atoms with Crippen LogP contribution in [0.1, 0.15) is 6.92 Å². The molecule has 0 radical (unpaired) electrons. The van der Waals surface area contributed by atoms with Gasteiger partial charge in [-0.15, -0.1) is 5.10 Å². The number of halogens is 1. The average molecular weight is 381 g/mol. The third kappa shape index (κ3) is 4.03. The number of nitrogens with zero attached hydrogens (tertiary/aromatic N) is 4.